The molecule has 1 heterocycles. The Hall–Kier alpha value is -2.62. The molecule has 0 atom stereocenters. The third-order valence-electron chi connectivity index (χ3n) is 3.96. The van der Waals surface area contributed by atoms with Crippen molar-refractivity contribution in [2.75, 3.05) is 0 Å². The van der Waals surface area contributed by atoms with Gasteiger partial charge in [-0.3, -0.25) is 9.59 Å². The topological polar surface area (TPSA) is 62.0 Å². The molecule has 2 aromatic rings. The minimum Gasteiger partial charge on any atom is -0.348 e. The number of rotatable bonds is 6. The van der Waals surface area contributed by atoms with Gasteiger partial charge in [0.15, 0.2) is 0 Å². The van der Waals surface area contributed by atoms with Crippen LogP contribution in [0, 0.1) is 13.8 Å². The van der Waals surface area contributed by atoms with Gasteiger partial charge >= 0.3 is 0 Å². The van der Waals surface area contributed by atoms with Crippen LogP contribution in [0.25, 0.3) is 0 Å². The quantitative estimate of drug-likeness (QED) is 0.802. The standard InChI is InChI=1S/C20H24N2O2/c1-14(9-10-17-7-5-4-6-8-17)11-19(23)21-13-18-15(2)12-16(3)22-20(18)24/h4-8,11-12H,9-10,13H2,1-3H3,(H,21,23)(H,22,24)/b14-11+. The van der Waals surface area contributed by atoms with Crippen LogP contribution in [0.2, 0.25) is 0 Å². The molecule has 24 heavy (non-hydrogen) atoms. The van der Waals surface area contributed by atoms with Gasteiger partial charge in [0, 0.05) is 23.9 Å². The third kappa shape index (κ3) is 5.23. The number of carbonyl (C=O) groups is 1. The first-order chi connectivity index (χ1) is 11.5. The first-order valence-electron chi connectivity index (χ1n) is 8.14. The molecule has 0 spiro atoms. The van der Waals surface area contributed by atoms with Crippen molar-refractivity contribution in [1.29, 1.82) is 0 Å². The number of H-pyrrole nitrogens is 1. The second-order valence-electron chi connectivity index (χ2n) is 6.14. The largest absolute Gasteiger partial charge is 0.348 e. The second kappa shape index (κ2) is 8.29. The van der Waals surface area contributed by atoms with Crippen LogP contribution >= 0.6 is 0 Å². The predicted molar refractivity (Wildman–Crippen MR) is 96.9 cm³/mol. The summed E-state index contributed by atoms with van der Waals surface area (Å²) in [6.45, 7) is 5.91. The van der Waals surface area contributed by atoms with Crippen molar-refractivity contribution in [2.45, 2.75) is 40.2 Å². The smallest absolute Gasteiger partial charge is 0.253 e. The summed E-state index contributed by atoms with van der Waals surface area (Å²) in [5, 5.41) is 2.79. The van der Waals surface area contributed by atoms with E-state index in [9.17, 15) is 9.59 Å². The number of pyridine rings is 1. The molecule has 0 bridgehead atoms. The number of aryl methyl sites for hydroxylation is 3. The highest BCUT2D eigenvalue weighted by molar-refractivity contribution is 5.88. The van der Waals surface area contributed by atoms with Crippen LogP contribution in [0.3, 0.4) is 0 Å². The van der Waals surface area contributed by atoms with E-state index in [2.05, 4.69) is 22.4 Å². The van der Waals surface area contributed by atoms with Gasteiger partial charge in [0.25, 0.3) is 5.56 Å². The number of carbonyl (C=O) groups excluding carboxylic acids is 1. The Bertz CT molecular complexity index is 789. The van der Waals surface area contributed by atoms with Crippen molar-refractivity contribution >= 4 is 5.91 Å². The predicted octanol–water partition coefficient (Wildman–Crippen LogP) is 3.19. The molecule has 2 N–H and O–H groups in total. The summed E-state index contributed by atoms with van der Waals surface area (Å²) < 4.78 is 0. The minimum atomic E-state index is -0.167. The Morgan fingerprint density at radius 1 is 1.21 bits per heavy atom. The Balaban J connectivity index is 1.89. The lowest BCUT2D eigenvalue weighted by Crippen LogP contribution is -2.26. The van der Waals surface area contributed by atoms with Gasteiger partial charge in [-0.1, -0.05) is 35.9 Å². The zero-order valence-electron chi connectivity index (χ0n) is 14.5. The summed E-state index contributed by atoms with van der Waals surface area (Å²) in [7, 11) is 0. The average Bonchev–Trinajstić information content (AvgIpc) is 2.53. The fraction of sp³-hybridized carbons (Fsp3) is 0.300. The highest BCUT2D eigenvalue weighted by atomic mass is 16.1. The molecule has 0 aliphatic carbocycles. The molecule has 4 heteroatoms. The van der Waals surface area contributed by atoms with Crippen molar-refractivity contribution in [1.82, 2.24) is 10.3 Å². The SMILES string of the molecule is C/C(=C\C(=O)NCc1c(C)cc(C)[nH]c1=O)CCc1ccccc1. The molecule has 126 valence electrons. The lowest BCUT2D eigenvalue weighted by atomic mass is 10.1. The number of allylic oxidation sites excluding steroid dienone is 1. The van der Waals surface area contributed by atoms with Gasteiger partial charge in [0.1, 0.15) is 0 Å². The summed E-state index contributed by atoms with van der Waals surface area (Å²) in [6.07, 6.45) is 3.36. The molecule has 0 saturated heterocycles. The van der Waals surface area contributed by atoms with E-state index in [4.69, 9.17) is 0 Å². The van der Waals surface area contributed by atoms with Crippen LogP contribution in [-0.2, 0) is 17.8 Å². The molecule has 1 amide bonds. The summed E-state index contributed by atoms with van der Waals surface area (Å²) in [5.41, 5.74) is 4.45. The molecule has 0 aliphatic heterocycles. The van der Waals surface area contributed by atoms with Crippen molar-refractivity contribution < 1.29 is 4.79 Å². The van der Waals surface area contributed by atoms with Crippen LogP contribution in [0.1, 0.15) is 35.7 Å². The second-order valence-corrected chi connectivity index (χ2v) is 6.14. The maximum atomic E-state index is 12.0. The number of hydrogen-bond acceptors (Lipinski definition) is 2. The Morgan fingerprint density at radius 2 is 1.92 bits per heavy atom. The van der Waals surface area contributed by atoms with E-state index < -0.39 is 0 Å². The van der Waals surface area contributed by atoms with Crippen LogP contribution in [0.15, 0.2) is 52.8 Å². The molecule has 0 unspecified atom stereocenters. The van der Waals surface area contributed by atoms with Gasteiger partial charge in [0.2, 0.25) is 5.91 Å². The monoisotopic (exact) mass is 324 g/mol. The van der Waals surface area contributed by atoms with Gasteiger partial charge in [-0.15, -0.1) is 0 Å². The minimum absolute atomic E-state index is 0.141. The molecular weight excluding hydrogens is 300 g/mol. The molecule has 2 rings (SSSR count). The number of amides is 1. The summed E-state index contributed by atoms with van der Waals surface area (Å²) in [6, 6.07) is 12.1. The molecule has 0 saturated carbocycles. The van der Waals surface area contributed by atoms with Gasteiger partial charge in [-0.2, -0.15) is 0 Å². The lowest BCUT2D eigenvalue weighted by Gasteiger charge is -2.07. The average molecular weight is 324 g/mol. The molecule has 1 aromatic heterocycles. The van der Waals surface area contributed by atoms with Crippen molar-refractivity contribution in [3.8, 4) is 0 Å². The van der Waals surface area contributed by atoms with Crippen LogP contribution in [-0.4, -0.2) is 10.9 Å². The Morgan fingerprint density at radius 3 is 2.58 bits per heavy atom. The zero-order valence-corrected chi connectivity index (χ0v) is 14.5. The molecule has 0 radical (unpaired) electrons. The first kappa shape index (κ1) is 17.7. The molecule has 4 nitrogen and oxygen atoms in total. The Kier molecular flexibility index (Phi) is 6.13. The van der Waals surface area contributed by atoms with E-state index in [1.807, 2.05) is 45.0 Å². The number of nitrogens with one attached hydrogen (secondary N) is 2. The van der Waals surface area contributed by atoms with Crippen LogP contribution in [0.4, 0.5) is 0 Å². The first-order valence-corrected chi connectivity index (χ1v) is 8.14. The van der Waals surface area contributed by atoms with Gasteiger partial charge in [0.05, 0.1) is 0 Å². The van der Waals surface area contributed by atoms with Crippen LogP contribution in [0.5, 0.6) is 0 Å². The number of benzene rings is 1. The zero-order chi connectivity index (χ0) is 17.5. The fourth-order valence-corrected chi connectivity index (χ4v) is 2.61. The number of aromatic amines is 1. The van der Waals surface area contributed by atoms with E-state index >= 15 is 0 Å². The van der Waals surface area contributed by atoms with Gasteiger partial charge in [-0.25, -0.2) is 0 Å². The van der Waals surface area contributed by atoms with E-state index in [1.165, 1.54) is 5.56 Å². The molecule has 0 aliphatic rings. The fourth-order valence-electron chi connectivity index (χ4n) is 2.61. The molecular formula is C20H24N2O2. The van der Waals surface area contributed by atoms with Crippen molar-refractivity contribution in [3.63, 3.8) is 0 Å². The van der Waals surface area contributed by atoms with E-state index in [0.29, 0.717) is 5.56 Å². The van der Waals surface area contributed by atoms with Crippen molar-refractivity contribution in [3.05, 3.63) is 80.8 Å². The van der Waals surface area contributed by atoms with Crippen LogP contribution < -0.4 is 10.9 Å². The normalized spacial score (nSPS) is 11.4. The number of hydrogen-bond donors (Lipinski definition) is 2. The lowest BCUT2D eigenvalue weighted by molar-refractivity contribution is -0.116. The maximum Gasteiger partial charge on any atom is 0.253 e. The molecule has 0 fully saturated rings. The number of aromatic nitrogens is 1. The summed E-state index contributed by atoms with van der Waals surface area (Å²) >= 11 is 0. The maximum absolute atomic E-state index is 12.0. The highest BCUT2D eigenvalue weighted by Gasteiger charge is 2.06. The van der Waals surface area contributed by atoms with Crippen molar-refractivity contribution in [2.24, 2.45) is 0 Å². The highest BCUT2D eigenvalue weighted by Crippen LogP contribution is 2.08. The Labute approximate surface area is 142 Å². The van der Waals surface area contributed by atoms with E-state index in [1.54, 1.807) is 6.08 Å². The van der Waals surface area contributed by atoms with Gasteiger partial charge < -0.3 is 10.3 Å². The van der Waals surface area contributed by atoms with Gasteiger partial charge in [-0.05, 0) is 50.8 Å². The van der Waals surface area contributed by atoms with E-state index in [-0.39, 0.29) is 18.0 Å². The summed E-state index contributed by atoms with van der Waals surface area (Å²) in [4.78, 5) is 26.7. The third-order valence-corrected chi connectivity index (χ3v) is 3.96. The summed E-state index contributed by atoms with van der Waals surface area (Å²) in [5.74, 6) is -0.167. The van der Waals surface area contributed by atoms with E-state index in [0.717, 1.165) is 29.7 Å². The molecule has 1 aromatic carbocycles.